The number of nitrogens with one attached hydrogen (secondary N) is 1. The van der Waals surface area contributed by atoms with Crippen molar-refractivity contribution in [2.75, 3.05) is 32.3 Å². The molecule has 2 atom stereocenters. The normalized spacial score (nSPS) is 19.2. The van der Waals surface area contributed by atoms with Crippen LogP contribution >= 0.6 is 39.3 Å². The van der Waals surface area contributed by atoms with Crippen molar-refractivity contribution in [3.8, 4) is 11.5 Å². The van der Waals surface area contributed by atoms with E-state index in [0.717, 1.165) is 22.6 Å². The molecular formula is C29H31BrClNO5S. The number of rotatable bonds is 9. The van der Waals surface area contributed by atoms with Crippen LogP contribution in [0.2, 0.25) is 5.02 Å². The van der Waals surface area contributed by atoms with E-state index in [4.69, 9.17) is 25.8 Å². The van der Waals surface area contributed by atoms with Crippen LogP contribution in [-0.4, -0.2) is 44.1 Å². The molecule has 1 aliphatic heterocycles. The minimum absolute atomic E-state index is 0.00730. The second kappa shape index (κ2) is 12.6. The summed E-state index contributed by atoms with van der Waals surface area (Å²) in [5.41, 5.74) is 4.31. The smallest absolute Gasteiger partial charge is 0.336 e. The Morgan fingerprint density at radius 3 is 2.47 bits per heavy atom. The van der Waals surface area contributed by atoms with Crippen LogP contribution in [0, 0.1) is 0 Å². The third-order valence-electron chi connectivity index (χ3n) is 6.87. The maximum atomic E-state index is 13.9. The summed E-state index contributed by atoms with van der Waals surface area (Å²) >= 11 is 11.5. The van der Waals surface area contributed by atoms with Crippen molar-refractivity contribution in [2.24, 2.45) is 0 Å². The molecule has 0 bridgehead atoms. The Balaban J connectivity index is 1.80. The largest absolute Gasteiger partial charge is 0.493 e. The van der Waals surface area contributed by atoms with Crippen molar-refractivity contribution in [3.05, 3.63) is 79.6 Å². The van der Waals surface area contributed by atoms with Crippen molar-refractivity contribution in [3.63, 3.8) is 0 Å². The molecule has 38 heavy (non-hydrogen) atoms. The Labute approximate surface area is 241 Å². The number of esters is 1. The van der Waals surface area contributed by atoms with Gasteiger partial charge < -0.3 is 19.5 Å². The molecule has 6 nitrogen and oxygen atoms in total. The van der Waals surface area contributed by atoms with E-state index in [0.29, 0.717) is 63.0 Å². The number of Topliss-reactive ketones (excluding diaryl/α,β-unsaturated/α-hetero) is 1. The fourth-order valence-electron chi connectivity index (χ4n) is 5.10. The molecule has 2 aromatic rings. The lowest BCUT2D eigenvalue weighted by Crippen LogP contribution is -2.36. The van der Waals surface area contributed by atoms with Gasteiger partial charge in [0.1, 0.15) is 6.61 Å². The van der Waals surface area contributed by atoms with Crippen LogP contribution in [0.3, 0.4) is 0 Å². The number of hydrogen-bond acceptors (Lipinski definition) is 7. The average Bonchev–Trinajstić information content (AvgIpc) is 2.90. The molecule has 9 heteroatoms. The number of benzene rings is 2. The second-order valence-corrected chi connectivity index (χ2v) is 11.8. The molecule has 0 fully saturated rings. The van der Waals surface area contributed by atoms with E-state index in [-0.39, 0.29) is 11.7 Å². The van der Waals surface area contributed by atoms with Gasteiger partial charge in [0.2, 0.25) is 0 Å². The summed E-state index contributed by atoms with van der Waals surface area (Å²) in [6.07, 6.45) is 0.967. The molecule has 0 amide bonds. The zero-order chi connectivity index (χ0) is 27.4. The van der Waals surface area contributed by atoms with Gasteiger partial charge >= 0.3 is 5.97 Å². The first-order chi connectivity index (χ1) is 18.3. The van der Waals surface area contributed by atoms with Crippen LogP contribution in [0.5, 0.6) is 11.5 Å². The Morgan fingerprint density at radius 1 is 1.13 bits per heavy atom. The van der Waals surface area contributed by atoms with Crippen LogP contribution in [0.1, 0.15) is 49.7 Å². The summed E-state index contributed by atoms with van der Waals surface area (Å²) in [4.78, 5) is 27.3. The number of hydrogen-bond donors (Lipinski definition) is 1. The van der Waals surface area contributed by atoms with E-state index in [1.807, 2.05) is 37.3 Å². The monoisotopic (exact) mass is 619 g/mol. The van der Waals surface area contributed by atoms with Crippen LogP contribution in [0.4, 0.5) is 0 Å². The Morgan fingerprint density at radius 2 is 1.82 bits per heavy atom. The first-order valence-electron chi connectivity index (χ1n) is 12.4. The number of dihydropyridines is 1. The fourth-order valence-corrected chi connectivity index (χ4v) is 6.26. The van der Waals surface area contributed by atoms with E-state index in [1.165, 1.54) is 0 Å². The molecule has 2 aromatic carbocycles. The molecule has 2 aliphatic rings. The molecule has 1 heterocycles. The summed E-state index contributed by atoms with van der Waals surface area (Å²) in [5, 5.41) is 4.05. The van der Waals surface area contributed by atoms with Crippen LogP contribution in [-0.2, 0) is 14.3 Å². The number of carbonyl (C=O) groups is 2. The molecule has 1 aliphatic carbocycles. The van der Waals surface area contributed by atoms with Crippen molar-refractivity contribution >= 4 is 51.0 Å². The Bertz CT molecular complexity index is 1290. The molecule has 0 saturated carbocycles. The number of thioether (sulfide) groups is 1. The molecule has 0 radical (unpaired) electrons. The molecule has 0 spiro atoms. The van der Waals surface area contributed by atoms with E-state index in [2.05, 4.69) is 28.2 Å². The van der Waals surface area contributed by atoms with E-state index in [9.17, 15) is 9.59 Å². The average molecular weight is 621 g/mol. The highest BCUT2D eigenvalue weighted by Crippen LogP contribution is 2.49. The maximum Gasteiger partial charge on any atom is 0.336 e. The third kappa shape index (κ3) is 5.92. The van der Waals surface area contributed by atoms with Gasteiger partial charge in [0.05, 0.1) is 19.8 Å². The quantitative estimate of drug-likeness (QED) is 0.245. The topological polar surface area (TPSA) is 73.9 Å². The number of methoxy groups -OCH3 is 2. The number of allylic oxidation sites excluding steroid dienone is 3. The van der Waals surface area contributed by atoms with E-state index >= 15 is 0 Å². The second-order valence-electron chi connectivity index (χ2n) is 9.13. The summed E-state index contributed by atoms with van der Waals surface area (Å²) in [7, 11) is 3.13. The molecule has 0 saturated heterocycles. The summed E-state index contributed by atoms with van der Waals surface area (Å²) < 4.78 is 17.4. The summed E-state index contributed by atoms with van der Waals surface area (Å²) in [6, 6.07) is 11.3. The molecule has 4 rings (SSSR count). The van der Waals surface area contributed by atoms with E-state index in [1.54, 1.807) is 32.0 Å². The summed E-state index contributed by atoms with van der Waals surface area (Å²) in [6.45, 7) is 4.22. The van der Waals surface area contributed by atoms with Gasteiger partial charge in [-0.25, -0.2) is 4.79 Å². The highest BCUT2D eigenvalue weighted by Gasteiger charge is 2.42. The van der Waals surface area contributed by atoms with Gasteiger partial charge in [-0.1, -0.05) is 46.6 Å². The lowest BCUT2D eigenvalue weighted by Gasteiger charge is -2.37. The standard InChI is InChI=1S/C29H31BrClNO5S/c1-5-38-11-10-37-29(34)26-16(2)32-22-12-18(17-6-8-19(31)9-7-17)13-23(33)28(22)27(26)20-14-24(35-3)25(36-4)15-21(20)30/h6-9,14-15,18,27,32H,5,10-13H2,1-4H3/t18-,27+/m0/s1. The first kappa shape index (κ1) is 28.6. The van der Waals surface area contributed by atoms with Crippen molar-refractivity contribution in [1.29, 1.82) is 0 Å². The van der Waals surface area contributed by atoms with Crippen LogP contribution in [0.15, 0.2) is 63.4 Å². The molecule has 0 aromatic heterocycles. The first-order valence-corrected chi connectivity index (χ1v) is 14.8. The van der Waals surface area contributed by atoms with Gasteiger partial charge in [0.25, 0.3) is 0 Å². The zero-order valence-electron chi connectivity index (χ0n) is 21.9. The van der Waals surface area contributed by atoms with Crippen LogP contribution < -0.4 is 14.8 Å². The van der Waals surface area contributed by atoms with Gasteiger partial charge in [0, 0.05) is 44.6 Å². The Kier molecular flexibility index (Phi) is 9.50. The zero-order valence-corrected chi connectivity index (χ0v) is 25.0. The van der Waals surface area contributed by atoms with Gasteiger partial charge in [-0.3, -0.25) is 4.79 Å². The summed E-state index contributed by atoms with van der Waals surface area (Å²) in [5.74, 6) is 1.66. The highest BCUT2D eigenvalue weighted by atomic mass is 79.9. The third-order valence-corrected chi connectivity index (χ3v) is 8.67. The highest BCUT2D eigenvalue weighted by molar-refractivity contribution is 9.10. The lowest BCUT2D eigenvalue weighted by molar-refractivity contribution is -0.138. The van der Waals surface area contributed by atoms with Gasteiger partial charge in [-0.05, 0) is 60.4 Å². The predicted molar refractivity (Wildman–Crippen MR) is 155 cm³/mol. The number of halogens is 2. The predicted octanol–water partition coefficient (Wildman–Crippen LogP) is 6.78. The number of ketones is 1. The maximum absolute atomic E-state index is 13.9. The van der Waals surface area contributed by atoms with Crippen molar-refractivity contribution in [1.82, 2.24) is 5.32 Å². The number of ether oxygens (including phenoxy) is 3. The fraction of sp³-hybridized carbons (Fsp3) is 0.379. The SMILES string of the molecule is CCSCCOC(=O)C1=C(C)NC2=C(C(=O)C[C@@H](c3ccc(Cl)cc3)C2)[C@@H]1c1cc(OC)c(OC)cc1Br. The Hall–Kier alpha value is -2.42. The number of carbonyl (C=O) groups excluding carboxylic acids is 2. The lowest BCUT2D eigenvalue weighted by atomic mass is 9.71. The van der Waals surface area contributed by atoms with E-state index < -0.39 is 11.9 Å². The molecular weight excluding hydrogens is 590 g/mol. The van der Waals surface area contributed by atoms with Crippen LogP contribution in [0.25, 0.3) is 0 Å². The molecule has 0 unspecified atom stereocenters. The van der Waals surface area contributed by atoms with Crippen molar-refractivity contribution < 1.29 is 23.8 Å². The molecule has 1 N–H and O–H groups in total. The minimum Gasteiger partial charge on any atom is -0.493 e. The molecule has 202 valence electrons. The van der Waals surface area contributed by atoms with Gasteiger partial charge in [-0.2, -0.15) is 11.8 Å². The minimum atomic E-state index is -0.620. The van der Waals surface area contributed by atoms with Gasteiger partial charge in [0.15, 0.2) is 17.3 Å². The van der Waals surface area contributed by atoms with Gasteiger partial charge in [-0.15, -0.1) is 0 Å². The van der Waals surface area contributed by atoms with Crippen molar-refractivity contribution in [2.45, 2.75) is 38.5 Å².